The van der Waals surface area contributed by atoms with E-state index in [-0.39, 0.29) is 23.5 Å². The number of aliphatic hydroxyl groups excluding tert-OH is 1. The van der Waals surface area contributed by atoms with Crippen LogP contribution in [-0.4, -0.2) is 28.2 Å². The molecule has 0 bridgehead atoms. The summed E-state index contributed by atoms with van der Waals surface area (Å²) in [6, 6.07) is 1.49. The van der Waals surface area contributed by atoms with Gasteiger partial charge in [-0.05, 0) is 24.7 Å². The average Bonchev–Trinajstić information content (AvgIpc) is 3.07. The molecule has 0 saturated heterocycles. The first-order chi connectivity index (χ1) is 8.54. The fourth-order valence-electron chi connectivity index (χ4n) is 2.05. The van der Waals surface area contributed by atoms with Gasteiger partial charge in [0.05, 0.1) is 0 Å². The van der Waals surface area contributed by atoms with Gasteiger partial charge in [0.1, 0.15) is 11.6 Å². The highest BCUT2D eigenvalue weighted by atomic mass is 16.3. The molecule has 0 atom stereocenters. The first kappa shape index (κ1) is 13.1. The van der Waals surface area contributed by atoms with Gasteiger partial charge in [-0.2, -0.15) is 0 Å². The van der Waals surface area contributed by atoms with Crippen LogP contribution in [0.2, 0.25) is 0 Å². The summed E-state index contributed by atoms with van der Waals surface area (Å²) in [5.74, 6) is 1.54. The quantitative estimate of drug-likeness (QED) is 0.715. The molecule has 1 aliphatic carbocycles. The van der Waals surface area contributed by atoms with Crippen LogP contribution in [0.25, 0.3) is 0 Å². The number of anilines is 1. The lowest BCUT2D eigenvalue weighted by Gasteiger charge is -2.15. The second-order valence-corrected chi connectivity index (χ2v) is 5.50. The Morgan fingerprint density at radius 2 is 2.28 bits per heavy atom. The maximum Gasteiger partial charge on any atom is 0.252 e. The maximum atomic E-state index is 11.5. The number of aromatic nitrogens is 2. The van der Waals surface area contributed by atoms with Gasteiger partial charge in [-0.1, -0.05) is 13.8 Å². The molecule has 2 rings (SSSR count). The van der Waals surface area contributed by atoms with Crippen LogP contribution >= 0.6 is 0 Å². The van der Waals surface area contributed by atoms with Crippen LogP contribution in [0.5, 0.6) is 0 Å². The molecule has 1 aromatic heterocycles. The molecule has 18 heavy (non-hydrogen) atoms. The Morgan fingerprint density at radius 1 is 1.56 bits per heavy atom. The molecule has 100 valence electrons. The highest BCUT2D eigenvalue weighted by molar-refractivity contribution is 5.34. The molecule has 5 nitrogen and oxygen atoms in total. The molecule has 0 radical (unpaired) electrons. The number of aliphatic hydroxyl groups is 1. The summed E-state index contributed by atoms with van der Waals surface area (Å²) >= 11 is 0. The van der Waals surface area contributed by atoms with Crippen molar-refractivity contribution in [3.8, 4) is 0 Å². The molecule has 0 aliphatic heterocycles. The SMILES string of the molecule is CC(C)c1nc(NCC2(CCO)CC2)cc(=O)[nH]1. The Labute approximate surface area is 107 Å². The van der Waals surface area contributed by atoms with Gasteiger partial charge < -0.3 is 15.4 Å². The summed E-state index contributed by atoms with van der Waals surface area (Å²) in [5.41, 5.74) is 0.0972. The molecule has 5 heteroatoms. The third kappa shape index (κ3) is 3.10. The van der Waals surface area contributed by atoms with E-state index < -0.39 is 0 Å². The Morgan fingerprint density at radius 3 is 2.83 bits per heavy atom. The molecule has 0 aromatic carbocycles. The van der Waals surface area contributed by atoms with Crippen LogP contribution in [0.4, 0.5) is 5.82 Å². The van der Waals surface area contributed by atoms with Crippen molar-refractivity contribution in [1.82, 2.24) is 9.97 Å². The highest BCUT2D eigenvalue weighted by Crippen LogP contribution is 2.48. The van der Waals surface area contributed by atoms with Crippen molar-refractivity contribution in [3.05, 3.63) is 22.2 Å². The number of nitrogens with one attached hydrogen (secondary N) is 2. The van der Waals surface area contributed by atoms with Crippen LogP contribution in [0.1, 0.15) is 44.9 Å². The van der Waals surface area contributed by atoms with Crippen LogP contribution in [-0.2, 0) is 0 Å². The largest absolute Gasteiger partial charge is 0.396 e. The van der Waals surface area contributed by atoms with E-state index in [2.05, 4.69) is 15.3 Å². The molecule has 0 spiro atoms. The smallest absolute Gasteiger partial charge is 0.252 e. The average molecular weight is 251 g/mol. The molecule has 1 heterocycles. The summed E-state index contributed by atoms with van der Waals surface area (Å²) in [6.07, 6.45) is 3.10. The molecule has 1 saturated carbocycles. The molecule has 1 aliphatic rings. The van der Waals surface area contributed by atoms with Crippen molar-refractivity contribution in [2.24, 2.45) is 5.41 Å². The Hall–Kier alpha value is -1.36. The Balaban J connectivity index is 2.03. The van der Waals surface area contributed by atoms with E-state index in [1.54, 1.807) is 0 Å². The Bertz CT molecular complexity index is 464. The zero-order chi connectivity index (χ0) is 13.2. The van der Waals surface area contributed by atoms with E-state index in [1.807, 2.05) is 13.8 Å². The van der Waals surface area contributed by atoms with Crippen LogP contribution in [0.3, 0.4) is 0 Å². The standard InChI is InChI=1S/C13H21N3O2/c1-9(2)12-15-10(7-11(18)16-12)14-8-13(3-4-13)5-6-17/h7,9,17H,3-6,8H2,1-2H3,(H2,14,15,16,18). The Kier molecular flexibility index (Phi) is 3.71. The summed E-state index contributed by atoms with van der Waals surface area (Å²) < 4.78 is 0. The lowest BCUT2D eigenvalue weighted by molar-refractivity contribution is 0.253. The first-order valence-corrected chi connectivity index (χ1v) is 6.51. The van der Waals surface area contributed by atoms with Crippen molar-refractivity contribution in [1.29, 1.82) is 0 Å². The highest BCUT2D eigenvalue weighted by Gasteiger charge is 2.41. The van der Waals surface area contributed by atoms with E-state index in [1.165, 1.54) is 6.07 Å². The summed E-state index contributed by atoms with van der Waals surface area (Å²) in [6.45, 7) is 5.00. The van der Waals surface area contributed by atoms with Gasteiger partial charge in [0.15, 0.2) is 0 Å². The van der Waals surface area contributed by atoms with Crippen LogP contribution < -0.4 is 10.9 Å². The monoisotopic (exact) mass is 251 g/mol. The van der Waals surface area contributed by atoms with E-state index >= 15 is 0 Å². The summed E-state index contributed by atoms with van der Waals surface area (Å²) in [4.78, 5) is 18.6. The van der Waals surface area contributed by atoms with E-state index in [4.69, 9.17) is 5.11 Å². The lowest BCUT2D eigenvalue weighted by Crippen LogP contribution is -2.20. The van der Waals surface area contributed by atoms with Gasteiger partial charge in [0, 0.05) is 25.1 Å². The topological polar surface area (TPSA) is 78.0 Å². The number of hydrogen-bond donors (Lipinski definition) is 3. The lowest BCUT2D eigenvalue weighted by atomic mass is 10.0. The number of hydrogen-bond acceptors (Lipinski definition) is 4. The normalized spacial score (nSPS) is 16.9. The van der Waals surface area contributed by atoms with Gasteiger partial charge in [-0.15, -0.1) is 0 Å². The summed E-state index contributed by atoms with van der Waals surface area (Å²) in [5, 5.41) is 12.2. The van der Waals surface area contributed by atoms with Crippen LogP contribution in [0, 0.1) is 5.41 Å². The second-order valence-electron chi connectivity index (χ2n) is 5.50. The van der Waals surface area contributed by atoms with E-state index in [9.17, 15) is 4.79 Å². The molecular formula is C13H21N3O2. The van der Waals surface area contributed by atoms with Crippen molar-refractivity contribution < 1.29 is 5.11 Å². The predicted molar refractivity (Wildman–Crippen MR) is 70.8 cm³/mol. The third-order valence-corrected chi connectivity index (χ3v) is 3.55. The van der Waals surface area contributed by atoms with Gasteiger partial charge in [0.25, 0.3) is 5.56 Å². The maximum absolute atomic E-state index is 11.5. The zero-order valence-corrected chi connectivity index (χ0v) is 11.0. The minimum Gasteiger partial charge on any atom is -0.396 e. The van der Waals surface area contributed by atoms with Gasteiger partial charge in [0.2, 0.25) is 0 Å². The van der Waals surface area contributed by atoms with Gasteiger partial charge >= 0.3 is 0 Å². The van der Waals surface area contributed by atoms with Gasteiger partial charge in [-0.25, -0.2) is 4.98 Å². The fourth-order valence-corrected chi connectivity index (χ4v) is 2.05. The van der Waals surface area contributed by atoms with Crippen molar-refractivity contribution in [2.75, 3.05) is 18.5 Å². The zero-order valence-electron chi connectivity index (χ0n) is 11.0. The molecule has 1 fully saturated rings. The first-order valence-electron chi connectivity index (χ1n) is 6.51. The van der Waals surface area contributed by atoms with E-state index in [0.29, 0.717) is 11.6 Å². The molecule has 1 aromatic rings. The predicted octanol–water partition coefficient (Wildman–Crippen LogP) is 1.47. The second kappa shape index (κ2) is 5.10. The van der Waals surface area contributed by atoms with E-state index in [0.717, 1.165) is 25.8 Å². The molecule has 0 amide bonds. The fraction of sp³-hybridized carbons (Fsp3) is 0.692. The molecular weight excluding hydrogens is 230 g/mol. The third-order valence-electron chi connectivity index (χ3n) is 3.55. The molecule has 3 N–H and O–H groups in total. The summed E-state index contributed by atoms with van der Waals surface area (Å²) in [7, 11) is 0. The number of H-pyrrole nitrogens is 1. The van der Waals surface area contributed by atoms with Crippen LogP contribution in [0.15, 0.2) is 10.9 Å². The number of aromatic amines is 1. The van der Waals surface area contributed by atoms with Gasteiger partial charge in [-0.3, -0.25) is 4.79 Å². The number of rotatable bonds is 6. The molecule has 0 unspecified atom stereocenters. The minimum absolute atomic E-state index is 0.122. The van der Waals surface area contributed by atoms with Crippen molar-refractivity contribution in [3.63, 3.8) is 0 Å². The van der Waals surface area contributed by atoms with Crippen molar-refractivity contribution in [2.45, 2.75) is 39.0 Å². The number of nitrogens with zero attached hydrogens (tertiary/aromatic N) is 1. The minimum atomic E-state index is -0.122. The van der Waals surface area contributed by atoms with Crippen molar-refractivity contribution >= 4 is 5.82 Å².